The summed E-state index contributed by atoms with van der Waals surface area (Å²) in [5.74, 6) is -3.06. The number of hydrogen-bond acceptors (Lipinski definition) is 5. The molecule has 22 heavy (non-hydrogen) atoms. The van der Waals surface area contributed by atoms with Crippen LogP contribution in [0.15, 0.2) is 34.5 Å². The molecule has 1 aromatic carbocycles. The number of hydrogen-bond donors (Lipinski definition) is 1. The minimum atomic E-state index is -3.99. The van der Waals surface area contributed by atoms with Gasteiger partial charge in [-0.15, -0.1) is 11.3 Å². The van der Waals surface area contributed by atoms with Gasteiger partial charge in [0.25, 0.3) is 15.9 Å². The molecule has 0 spiro atoms. The molecule has 0 bridgehead atoms. The molecular weight excluding hydrogens is 336 g/mol. The minimum absolute atomic E-state index is 0.0183. The Kier molecular flexibility index (Phi) is 4.77. The van der Waals surface area contributed by atoms with E-state index in [-0.39, 0.29) is 4.21 Å². The van der Waals surface area contributed by atoms with Gasteiger partial charge in [0.2, 0.25) is 0 Å². The van der Waals surface area contributed by atoms with Crippen molar-refractivity contribution in [2.45, 2.75) is 11.1 Å². The van der Waals surface area contributed by atoms with Gasteiger partial charge in [-0.1, -0.05) is 0 Å². The van der Waals surface area contributed by atoms with Crippen molar-refractivity contribution in [3.05, 3.63) is 46.8 Å². The first-order chi connectivity index (χ1) is 10.3. The highest BCUT2D eigenvalue weighted by Gasteiger charge is 2.20. The molecule has 0 fully saturated rings. The first-order valence-corrected chi connectivity index (χ1v) is 8.28. The number of ether oxygens (including phenoxy) is 1. The molecule has 1 N–H and O–H groups in total. The molecule has 1 amide bonds. The number of halogens is 2. The largest absolute Gasteiger partial charge is 0.481 e. The molecule has 2 aromatic rings. The van der Waals surface area contributed by atoms with Crippen LogP contribution in [0.3, 0.4) is 0 Å². The maximum atomic E-state index is 13.3. The summed E-state index contributed by atoms with van der Waals surface area (Å²) in [6.45, 7) is 0.964. The third-order valence-electron chi connectivity index (χ3n) is 2.48. The summed E-state index contributed by atoms with van der Waals surface area (Å²) in [6, 6.07) is 5.46. The summed E-state index contributed by atoms with van der Waals surface area (Å²) < 4.78 is 56.5. The van der Waals surface area contributed by atoms with Crippen molar-refractivity contribution >= 4 is 27.3 Å². The fourth-order valence-electron chi connectivity index (χ4n) is 1.52. The maximum absolute atomic E-state index is 13.3. The highest BCUT2D eigenvalue weighted by atomic mass is 32.2. The molecule has 0 atom stereocenters. The second-order valence-corrected chi connectivity index (χ2v) is 7.45. The van der Waals surface area contributed by atoms with Crippen molar-refractivity contribution in [2.75, 3.05) is 6.61 Å². The van der Waals surface area contributed by atoms with Crippen LogP contribution >= 0.6 is 11.3 Å². The van der Waals surface area contributed by atoms with Crippen molar-refractivity contribution in [1.82, 2.24) is 4.72 Å². The lowest BCUT2D eigenvalue weighted by Crippen LogP contribution is -2.34. The Hall–Kier alpha value is -2.00. The van der Waals surface area contributed by atoms with E-state index in [1.165, 1.54) is 6.07 Å². The number of benzene rings is 1. The summed E-state index contributed by atoms with van der Waals surface area (Å²) in [6.07, 6.45) is 0. The molecule has 118 valence electrons. The van der Waals surface area contributed by atoms with Crippen LogP contribution in [-0.2, 0) is 14.8 Å². The average Bonchev–Trinajstić information content (AvgIpc) is 2.87. The Labute approximate surface area is 129 Å². The van der Waals surface area contributed by atoms with Crippen LogP contribution in [0.4, 0.5) is 8.78 Å². The summed E-state index contributed by atoms with van der Waals surface area (Å²) in [7, 11) is -3.99. The Morgan fingerprint density at radius 1 is 1.27 bits per heavy atom. The van der Waals surface area contributed by atoms with Crippen LogP contribution in [0.1, 0.15) is 4.88 Å². The van der Waals surface area contributed by atoms with E-state index in [1.807, 2.05) is 0 Å². The van der Waals surface area contributed by atoms with E-state index >= 15 is 0 Å². The number of nitrogens with one attached hydrogen (secondary N) is 1. The zero-order valence-corrected chi connectivity index (χ0v) is 12.9. The Morgan fingerprint density at radius 3 is 2.64 bits per heavy atom. The zero-order valence-electron chi connectivity index (χ0n) is 11.3. The van der Waals surface area contributed by atoms with E-state index in [9.17, 15) is 22.0 Å². The number of carbonyl (C=O) groups excluding carboxylic acids is 1. The van der Waals surface area contributed by atoms with Crippen LogP contribution in [0.25, 0.3) is 0 Å². The number of sulfonamides is 1. The zero-order chi connectivity index (χ0) is 16.3. The standard InChI is InChI=1S/C13H11F2NO4S2/c1-8-2-5-13(21-8)22(18,19)16-12(17)7-20-11-6-9(14)3-4-10(11)15/h2-6H,7H2,1H3,(H,16,17). The quantitative estimate of drug-likeness (QED) is 0.900. The van der Waals surface area contributed by atoms with Gasteiger partial charge >= 0.3 is 0 Å². The van der Waals surface area contributed by atoms with Gasteiger partial charge in [-0.05, 0) is 31.2 Å². The number of amides is 1. The third kappa shape index (κ3) is 4.01. The van der Waals surface area contributed by atoms with Crippen molar-refractivity contribution in [2.24, 2.45) is 0 Å². The minimum Gasteiger partial charge on any atom is -0.481 e. The summed E-state index contributed by atoms with van der Waals surface area (Å²) >= 11 is 1.00. The molecule has 1 heterocycles. The van der Waals surface area contributed by atoms with Gasteiger partial charge in [0, 0.05) is 10.9 Å². The first-order valence-electron chi connectivity index (χ1n) is 5.98. The Morgan fingerprint density at radius 2 is 2.00 bits per heavy atom. The lowest BCUT2D eigenvalue weighted by molar-refractivity contribution is -0.121. The van der Waals surface area contributed by atoms with Crippen molar-refractivity contribution in [3.8, 4) is 5.75 Å². The maximum Gasteiger partial charge on any atom is 0.273 e. The summed E-state index contributed by atoms with van der Waals surface area (Å²) in [5.41, 5.74) is 0. The molecule has 9 heteroatoms. The van der Waals surface area contributed by atoms with E-state index in [4.69, 9.17) is 4.74 Å². The van der Waals surface area contributed by atoms with E-state index in [2.05, 4.69) is 0 Å². The fourth-order valence-corrected chi connectivity index (χ4v) is 3.77. The van der Waals surface area contributed by atoms with Gasteiger partial charge in [0.15, 0.2) is 18.2 Å². The fraction of sp³-hybridized carbons (Fsp3) is 0.154. The van der Waals surface area contributed by atoms with Crippen LogP contribution < -0.4 is 9.46 Å². The lowest BCUT2D eigenvalue weighted by atomic mass is 10.3. The Bertz CT molecular complexity index is 802. The van der Waals surface area contributed by atoms with Crippen molar-refractivity contribution < 1.29 is 26.7 Å². The van der Waals surface area contributed by atoms with Crippen LogP contribution in [0, 0.1) is 18.6 Å². The van der Waals surface area contributed by atoms with E-state index in [1.54, 1.807) is 17.7 Å². The van der Waals surface area contributed by atoms with Gasteiger partial charge in [-0.25, -0.2) is 21.9 Å². The van der Waals surface area contributed by atoms with Gasteiger partial charge in [0.1, 0.15) is 10.0 Å². The predicted octanol–water partition coefficient (Wildman–Crippen LogP) is 2.22. The predicted molar refractivity (Wildman–Crippen MR) is 76.2 cm³/mol. The summed E-state index contributed by atoms with van der Waals surface area (Å²) in [5, 5.41) is 0. The summed E-state index contributed by atoms with van der Waals surface area (Å²) in [4.78, 5) is 12.4. The van der Waals surface area contributed by atoms with Gasteiger partial charge < -0.3 is 4.74 Å². The third-order valence-corrected chi connectivity index (χ3v) is 5.35. The van der Waals surface area contributed by atoms with Gasteiger partial charge in [-0.2, -0.15) is 0 Å². The second-order valence-electron chi connectivity index (χ2n) is 4.26. The number of carbonyl (C=O) groups is 1. The molecule has 0 aliphatic rings. The monoisotopic (exact) mass is 347 g/mol. The second kappa shape index (κ2) is 6.41. The van der Waals surface area contributed by atoms with Gasteiger partial charge in [-0.3, -0.25) is 4.79 Å². The molecule has 1 aromatic heterocycles. The van der Waals surface area contributed by atoms with Crippen LogP contribution in [0.5, 0.6) is 5.75 Å². The molecule has 5 nitrogen and oxygen atoms in total. The molecule has 0 unspecified atom stereocenters. The molecule has 0 aliphatic heterocycles. The molecule has 0 aliphatic carbocycles. The van der Waals surface area contributed by atoms with Crippen LogP contribution in [-0.4, -0.2) is 20.9 Å². The van der Waals surface area contributed by atoms with E-state index in [0.717, 1.165) is 34.4 Å². The molecule has 2 rings (SSSR count). The Balaban J connectivity index is 2.00. The smallest absolute Gasteiger partial charge is 0.273 e. The lowest BCUT2D eigenvalue weighted by Gasteiger charge is -2.08. The normalized spacial score (nSPS) is 11.2. The molecule has 0 radical (unpaired) electrons. The number of rotatable bonds is 5. The number of aryl methyl sites for hydroxylation is 1. The van der Waals surface area contributed by atoms with Crippen molar-refractivity contribution in [1.29, 1.82) is 0 Å². The van der Waals surface area contributed by atoms with Crippen LogP contribution in [0.2, 0.25) is 0 Å². The molecular formula is C13H11F2NO4S2. The van der Waals surface area contributed by atoms with E-state index < -0.39 is 39.9 Å². The SMILES string of the molecule is Cc1ccc(S(=O)(=O)NC(=O)COc2cc(F)ccc2F)s1. The molecule has 0 saturated heterocycles. The van der Waals surface area contributed by atoms with Crippen molar-refractivity contribution in [3.63, 3.8) is 0 Å². The van der Waals surface area contributed by atoms with E-state index in [0.29, 0.717) is 0 Å². The average molecular weight is 347 g/mol. The van der Waals surface area contributed by atoms with Gasteiger partial charge in [0.05, 0.1) is 0 Å². The first kappa shape index (κ1) is 16.4. The number of thiophene rings is 1. The molecule has 0 saturated carbocycles. The highest BCUT2D eigenvalue weighted by molar-refractivity contribution is 7.92. The highest BCUT2D eigenvalue weighted by Crippen LogP contribution is 2.20. The topological polar surface area (TPSA) is 72.5 Å².